The van der Waals surface area contributed by atoms with Gasteiger partial charge in [-0.25, -0.2) is 0 Å². The highest BCUT2D eigenvalue weighted by Gasteiger charge is 2.04. The maximum absolute atomic E-state index is 10.8. The molecule has 1 heterocycles. The molecule has 72 valence electrons. The van der Waals surface area contributed by atoms with Gasteiger partial charge >= 0.3 is 0 Å². The third-order valence-corrected chi connectivity index (χ3v) is 2.16. The minimum atomic E-state index is 0.0173. The predicted molar refractivity (Wildman–Crippen MR) is 48.4 cm³/mol. The van der Waals surface area contributed by atoms with Crippen LogP contribution in [0.2, 0.25) is 0 Å². The largest absolute Gasteiger partial charge is 0.416 e. The van der Waals surface area contributed by atoms with Gasteiger partial charge in [0.25, 0.3) is 5.22 Å². The van der Waals surface area contributed by atoms with Gasteiger partial charge in [0.1, 0.15) is 0 Å². The number of carbonyl (C=O) groups excluding carboxylic acids is 1. The van der Waals surface area contributed by atoms with E-state index in [4.69, 9.17) is 4.42 Å². The van der Waals surface area contributed by atoms with Gasteiger partial charge < -0.3 is 9.73 Å². The Kier molecular flexibility index (Phi) is 3.75. The highest BCUT2D eigenvalue weighted by Crippen LogP contribution is 2.15. The molecule has 0 aromatic carbocycles. The van der Waals surface area contributed by atoms with Crippen molar-refractivity contribution in [3.05, 3.63) is 5.89 Å². The molecule has 0 saturated carbocycles. The lowest BCUT2D eigenvalue weighted by atomic mass is 10.5. The number of carbonyl (C=O) groups is 1. The molecule has 0 fully saturated rings. The fourth-order valence-electron chi connectivity index (χ4n) is 0.693. The van der Waals surface area contributed by atoms with Crippen molar-refractivity contribution in [2.75, 3.05) is 12.8 Å². The zero-order chi connectivity index (χ0) is 9.68. The van der Waals surface area contributed by atoms with Gasteiger partial charge in [0.2, 0.25) is 11.8 Å². The van der Waals surface area contributed by atoms with Crippen LogP contribution in [-0.2, 0) is 4.79 Å². The third kappa shape index (κ3) is 3.45. The molecule has 0 atom stereocenters. The van der Waals surface area contributed by atoms with E-state index in [1.165, 1.54) is 11.8 Å². The van der Waals surface area contributed by atoms with E-state index in [9.17, 15) is 4.79 Å². The smallest absolute Gasteiger partial charge is 0.276 e. The van der Waals surface area contributed by atoms with Crippen LogP contribution in [0.4, 0.5) is 0 Å². The summed E-state index contributed by atoms with van der Waals surface area (Å²) in [5.74, 6) is 1.22. The van der Waals surface area contributed by atoms with Crippen LogP contribution >= 0.6 is 11.8 Å². The number of rotatable bonds is 4. The van der Waals surface area contributed by atoms with Crippen LogP contribution in [0.3, 0.4) is 0 Å². The molecule has 0 radical (unpaired) electrons. The number of thioether (sulfide) groups is 1. The first-order chi connectivity index (χ1) is 6.22. The normalized spacial score (nSPS) is 10.0. The summed E-state index contributed by atoms with van der Waals surface area (Å²) < 4.78 is 5.11. The maximum atomic E-state index is 10.8. The van der Waals surface area contributed by atoms with Crippen LogP contribution in [0.1, 0.15) is 12.3 Å². The number of aromatic nitrogens is 2. The topological polar surface area (TPSA) is 68.0 Å². The highest BCUT2D eigenvalue weighted by atomic mass is 32.2. The quantitative estimate of drug-likeness (QED) is 0.723. The lowest BCUT2D eigenvalue weighted by Gasteiger charge is -1.95. The first-order valence-corrected chi connectivity index (χ1v) is 4.84. The first-order valence-electron chi connectivity index (χ1n) is 3.86. The van der Waals surface area contributed by atoms with Gasteiger partial charge in [-0.1, -0.05) is 11.8 Å². The number of nitrogens with zero attached hydrogens (tertiary/aromatic N) is 2. The number of hydrogen-bond donors (Lipinski definition) is 1. The van der Waals surface area contributed by atoms with Gasteiger partial charge in [0.05, 0.1) is 0 Å². The monoisotopic (exact) mass is 201 g/mol. The summed E-state index contributed by atoms with van der Waals surface area (Å²) in [7, 11) is 1.61. The molecule has 1 aromatic rings. The zero-order valence-electron chi connectivity index (χ0n) is 7.53. The van der Waals surface area contributed by atoms with E-state index in [0.717, 1.165) is 0 Å². The molecule has 0 spiro atoms. The van der Waals surface area contributed by atoms with E-state index >= 15 is 0 Å². The number of amides is 1. The summed E-state index contributed by atoms with van der Waals surface area (Å²) in [4.78, 5) is 10.8. The third-order valence-electron chi connectivity index (χ3n) is 1.34. The summed E-state index contributed by atoms with van der Waals surface area (Å²) in [6.45, 7) is 1.73. The van der Waals surface area contributed by atoms with Crippen LogP contribution in [0.5, 0.6) is 0 Å². The molecule has 0 unspecified atom stereocenters. The lowest BCUT2D eigenvalue weighted by Crippen LogP contribution is -2.17. The van der Waals surface area contributed by atoms with E-state index in [-0.39, 0.29) is 5.91 Å². The number of aryl methyl sites for hydroxylation is 1. The Morgan fingerprint density at radius 3 is 2.92 bits per heavy atom. The van der Waals surface area contributed by atoms with Crippen LogP contribution in [0, 0.1) is 6.92 Å². The maximum Gasteiger partial charge on any atom is 0.276 e. The first kappa shape index (κ1) is 10.0. The Labute approximate surface area is 80.3 Å². The number of hydrogen-bond acceptors (Lipinski definition) is 5. The van der Waals surface area contributed by atoms with Crippen molar-refractivity contribution >= 4 is 17.7 Å². The minimum absolute atomic E-state index is 0.0173. The standard InChI is InChI=1S/C7H11N3O2S/c1-5-9-10-7(12-5)13-4-3-6(11)8-2/h3-4H2,1-2H3,(H,8,11). The summed E-state index contributed by atoms with van der Waals surface area (Å²) in [5, 5.41) is 10.5. The molecule has 1 amide bonds. The van der Waals surface area contributed by atoms with Crippen molar-refractivity contribution < 1.29 is 9.21 Å². The zero-order valence-corrected chi connectivity index (χ0v) is 8.35. The molecule has 0 bridgehead atoms. The Morgan fingerprint density at radius 2 is 2.38 bits per heavy atom. The molecular weight excluding hydrogens is 190 g/mol. The fraction of sp³-hybridized carbons (Fsp3) is 0.571. The molecule has 1 N–H and O–H groups in total. The molecule has 13 heavy (non-hydrogen) atoms. The van der Waals surface area contributed by atoms with Crippen LogP contribution in [0.25, 0.3) is 0 Å². The average molecular weight is 201 g/mol. The van der Waals surface area contributed by atoms with E-state index < -0.39 is 0 Å². The Hall–Kier alpha value is -1.04. The Balaban J connectivity index is 2.24. The van der Waals surface area contributed by atoms with Gasteiger partial charge in [-0.05, 0) is 0 Å². The Bertz CT molecular complexity index is 287. The van der Waals surface area contributed by atoms with E-state index in [1.54, 1.807) is 14.0 Å². The van der Waals surface area contributed by atoms with Crippen LogP contribution in [-0.4, -0.2) is 28.9 Å². The van der Waals surface area contributed by atoms with Crippen molar-refractivity contribution in [3.63, 3.8) is 0 Å². The summed E-state index contributed by atoms with van der Waals surface area (Å²) in [6, 6.07) is 0. The van der Waals surface area contributed by atoms with Crippen molar-refractivity contribution in [1.29, 1.82) is 0 Å². The van der Waals surface area contributed by atoms with Crippen molar-refractivity contribution in [1.82, 2.24) is 15.5 Å². The molecule has 0 aliphatic heterocycles. The second-order valence-corrected chi connectivity index (χ2v) is 3.40. The van der Waals surface area contributed by atoms with Crippen LogP contribution < -0.4 is 5.32 Å². The summed E-state index contributed by atoms with van der Waals surface area (Å²) >= 11 is 1.38. The van der Waals surface area contributed by atoms with Gasteiger partial charge in [0.15, 0.2) is 0 Å². The van der Waals surface area contributed by atoms with Crippen molar-refractivity contribution in [2.24, 2.45) is 0 Å². The van der Waals surface area contributed by atoms with Crippen molar-refractivity contribution in [3.8, 4) is 0 Å². The number of nitrogens with one attached hydrogen (secondary N) is 1. The molecule has 1 aromatic heterocycles. The molecule has 6 heteroatoms. The SMILES string of the molecule is CNC(=O)CCSc1nnc(C)o1. The lowest BCUT2D eigenvalue weighted by molar-refractivity contribution is -0.120. The predicted octanol–water partition coefficient (Wildman–Crippen LogP) is 0.606. The van der Waals surface area contributed by atoms with Crippen LogP contribution in [0.15, 0.2) is 9.64 Å². The average Bonchev–Trinajstić information content (AvgIpc) is 2.51. The molecule has 5 nitrogen and oxygen atoms in total. The molecule has 0 saturated heterocycles. The Morgan fingerprint density at radius 1 is 1.62 bits per heavy atom. The van der Waals surface area contributed by atoms with Gasteiger partial charge in [-0.3, -0.25) is 4.79 Å². The summed E-state index contributed by atoms with van der Waals surface area (Å²) in [5.41, 5.74) is 0. The van der Waals surface area contributed by atoms with Crippen molar-refractivity contribution in [2.45, 2.75) is 18.6 Å². The molecule has 0 aliphatic rings. The fourth-order valence-corrected chi connectivity index (χ4v) is 1.43. The van der Waals surface area contributed by atoms with E-state index in [1.807, 2.05) is 0 Å². The van der Waals surface area contributed by atoms with Gasteiger partial charge in [-0.15, -0.1) is 10.2 Å². The second-order valence-electron chi connectivity index (χ2n) is 2.36. The second kappa shape index (κ2) is 4.86. The van der Waals surface area contributed by atoms with E-state index in [2.05, 4.69) is 15.5 Å². The molecular formula is C7H11N3O2S. The molecule has 1 rings (SSSR count). The minimum Gasteiger partial charge on any atom is -0.416 e. The molecule has 0 aliphatic carbocycles. The van der Waals surface area contributed by atoms with Gasteiger partial charge in [0, 0.05) is 26.1 Å². The van der Waals surface area contributed by atoms with Gasteiger partial charge in [-0.2, -0.15) is 0 Å². The van der Waals surface area contributed by atoms with E-state index in [0.29, 0.717) is 23.3 Å². The summed E-state index contributed by atoms with van der Waals surface area (Å²) in [6.07, 6.45) is 0.461. The highest BCUT2D eigenvalue weighted by molar-refractivity contribution is 7.99.